The van der Waals surface area contributed by atoms with Crippen molar-refractivity contribution in [3.05, 3.63) is 64.6 Å². The van der Waals surface area contributed by atoms with Gasteiger partial charge in [-0.15, -0.1) is 0 Å². The van der Waals surface area contributed by atoms with Gasteiger partial charge in [0.15, 0.2) is 0 Å². The number of carbonyl (C=O) groups excluding carboxylic acids is 1. The second kappa shape index (κ2) is 10.3. The number of urea groups is 1. The van der Waals surface area contributed by atoms with E-state index < -0.39 is 0 Å². The minimum atomic E-state index is -0.363. The summed E-state index contributed by atoms with van der Waals surface area (Å²) in [5.41, 5.74) is 1.16. The summed E-state index contributed by atoms with van der Waals surface area (Å²) in [5, 5.41) is 11.6. The van der Waals surface area contributed by atoms with E-state index in [0.29, 0.717) is 35.7 Å². The molecule has 2 aromatic carbocycles. The van der Waals surface area contributed by atoms with Crippen molar-refractivity contribution in [1.82, 2.24) is 20.0 Å². The van der Waals surface area contributed by atoms with Gasteiger partial charge in [0, 0.05) is 11.9 Å². The van der Waals surface area contributed by atoms with Gasteiger partial charge in [-0.25, -0.2) is 9.48 Å². The van der Waals surface area contributed by atoms with Crippen LogP contribution in [0.4, 0.5) is 10.5 Å². The SMILES string of the molecule is CCOc1ccccc1NC(=O)NCc1nn(CCN2CCCC2)c(=O)c2ccccc12. The maximum atomic E-state index is 12.9. The average Bonchev–Trinajstić information content (AvgIpc) is 3.33. The Balaban J connectivity index is 1.50. The predicted octanol–water partition coefficient (Wildman–Crippen LogP) is 3.21. The quantitative estimate of drug-likeness (QED) is 0.567. The predicted molar refractivity (Wildman–Crippen MR) is 125 cm³/mol. The van der Waals surface area contributed by atoms with E-state index in [1.807, 2.05) is 49.4 Å². The smallest absolute Gasteiger partial charge is 0.319 e. The van der Waals surface area contributed by atoms with Gasteiger partial charge in [0.1, 0.15) is 5.75 Å². The van der Waals surface area contributed by atoms with Crippen LogP contribution in [0.1, 0.15) is 25.5 Å². The Kier molecular flexibility index (Phi) is 7.01. The molecule has 0 saturated carbocycles. The molecule has 0 bridgehead atoms. The van der Waals surface area contributed by atoms with E-state index >= 15 is 0 Å². The highest BCUT2D eigenvalue weighted by Crippen LogP contribution is 2.23. The number of rotatable bonds is 8. The number of hydrogen-bond donors (Lipinski definition) is 2. The summed E-state index contributed by atoms with van der Waals surface area (Å²) in [6, 6.07) is 14.3. The van der Waals surface area contributed by atoms with Crippen LogP contribution in [0.3, 0.4) is 0 Å². The van der Waals surface area contributed by atoms with Crippen molar-refractivity contribution in [2.24, 2.45) is 0 Å². The number of hydrogen-bond acceptors (Lipinski definition) is 5. The second-order valence-corrected chi connectivity index (χ2v) is 7.81. The minimum Gasteiger partial charge on any atom is -0.492 e. The number of para-hydroxylation sites is 2. The topological polar surface area (TPSA) is 88.5 Å². The molecule has 0 radical (unpaired) electrons. The summed E-state index contributed by atoms with van der Waals surface area (Å²) in [5.74, 6) is 0.615. The highest BCUT2D eigenvalue weighted by molar-refractivity contribution is 5.91. The van der Waals surface area contributed by atoms with Crippen molar-refractivity contribution in [2.45, 2.75) is 32.9 Å². The molecule has 0 spiro atoms. The minimum absolute atomic E-state index is 0.0985. The maximum absolute atomic E-state index is 12.9. The van der Waals surface area contributed by atoms with Gasteiger partial charge in [-0.1, -0.05) is 30.3 Å². The normalized spacial score (nSPS) is 13.9. The van der Waals surface area contributed by atoms with E-state index in [4.69, 9.17) is 4.74 Å². The van der Waals surface area contributed by atoms with Crippen molar-refractivity contribution in [3.8, 4) is 5.75 Å². The number of aromatic nitrogens is 2. The molecule has 4 rings (SSSR count). The molecule has 0 aliphatic carbocycles. The van der Waals surface area contributed by atoms with E-state index in [9.17, 15) is 9.59 Å². The van der Waals surface area contributed by atoms with Crippen LogP contribution in [0.2, 0.25) is 0 Å². The van der Waals surface area contributed by atoms with Crippen molar-refractivity contribution < 1.29 is 9.53 Å². The van der Waals surface area contributed by atoms with Crippen molar-refractivity contribution in [3.63, 3.8) is 0 Å². The van der Waals surface area contributed by atoms with Gasteiger partial charge in [0.2, 0.25) is 0 Å². The van der Waals surface area contributed by atoms with Crippen LogP contribution in [-0.4, -0.2) is 47.0 Å². The molecule has 32 heavy (non-hydrogen) atoms. The summed E-state index contributed by atoms with van der Waals surface area (Å²) in [6.07, 6.45) is 2.41. The van der Waals surface area contributed by atoms with Crippen LogP contribution in [0, 0.1) is 0 Å². The molecule has 2 heterocycles. The molecular formula is C24H29N5O3. The van der Waals surface area contributed by atoms with Crippen LogP contribution in [0.5, 0.6) is 5.75 Å². The van der Waals surface area contributed by atoms with Crippen LogP contribution >= 0.6 is 0 Å². The summed E-state index contributed by atoms with van der Waals surface area (Å²) < 4.78 is 7.09. The van der Waals surface area contributed by atoms with E-state index in [1.54, 1.807) is 6.07 Å². The zero-order chi connectivity index (χ0) is 22.3. The third kappa shape index (κ3) is 5.08. The summed E-state index contributed by atoms with van der Waals surface area (Å²) in [6.45, 7) is 6.08. The van der Waals surface area contributed by atoms with E-state index in [-0.39, 0.29) is 18.1 Å². The number of nitrogens with zero attached hydrogens (tertiary/aromatic N) is 3. The van der Waals surface area contributed by atoms with Gasteiger partial charge < -0.3 is 20.3 Å². The van der Waals surface area contributed by atoms with Gasteiger partial charge in [-0.3, -0.25) is 4.79 Å². The van der Waals surface area contributed by atoms with E-state index in [1.165, 1.54) is 17.5 Å². The second-order valence-electron chi connectivity index (χ2n) is 7.81. The summed E-state index contributed by atoms with van der Waals surface area (Å²) >= 11 is 0. The van der Waals surface area contributed by atoms with Crippen LogP contribution in [0.25, 0.3) is 10.8 Å². The van der Waals surface area contributed by atoms with Gasteiger partial charge in [-0.05, 0) is 51.1 Å². The molecule has 3 aromatic rings. The first-order valence-electron chi connectivity index (χ1n) is 11.1. The van der Waals surface area contributed by atoms with E-state index in [2.05, 4.69) is 20.6 Å². The number of fused-ring (bicyclic) bond motifs is 1. The van der Waals surface area contributed by atoms with Crippen LogP contribution in [0.15, 0.2) is 53.3 Å². The highest BCUT2D eigenvalue weighted by atomic mass is 16.5. The van der Waals surface area contributed by atoms with Gasteiger partial charge in [0.25, 0.3) is 5.56 Å². The molecule has 1 aromatic heterocycles. The molecule has 2 N–H and O–H groups in total. The van der Waals surface area contributed by atoms with Gasteiger partial charge >= 0.3 is 6.03 Å². The maximum Gasteiger partial charge on any atom is 0.319 e. The van der Waals surface area contributed by atoms with Gasteiger partial charge in [-0.2, -0.15) is 5.10 Å². The fourth-order valence-corrected chi connectivity index (χ4v) is 4.01. The standard InChI is InChI=1S/C24H29N5O3/c1-2-32-22-12-6-5-11-20(22)26-24(31)25-17-21-18-9-3-4-10-19(18)23(30)29(27-21)16-15-28-13-7-8-14-28/h3-6,9-12H,2,7-8,13-17H2,1H3,(H2,25,26,31). The van der Waals surface area contributed by atoms with E-state index in [0.717, 1.165) is 25.0 Å². The number of benzene rings is 2. The Labute approximate surface area is 187 Å². The van der Waals surface area contributed by atoms with Crippen molar-refractivity contribution in [2.75, 3.05) is 31.6 Å². The van der Waals surface area contributed by atoms with Crippen LogP contribution in [-0.2, 0) is 13.1 Å². The largest absolute Gasteiger partial charge is 0.492 e. The Morgan fingerprint density at radius 1 is 1.03 bits per heavy atom. The van der Waals surface area contributed by atoms with Crippen molar-refractivity contribution >= 4 is 22.5 Å². The molecule has 0 unspecified atom stereocenters. The molecule has 1 aliphatic rings. The molecular weight excluding hydrogens is 406 g/mol. The molecule has 8 nitrogen and oxygen atoms in total. The lowest BCUT2D eigenvalue weighted by atomic mass is 10.1. The number of carbonyl (C=O) groups is 1. The number of nitrogens with one attached hydrogen (secondary N) is 2. The van der Waals surface area contributed by atoms with Crippen LogP contribution < -0.4 is 20.9 Å². The highest BCUT2D eigenvalue weighted by Gasteiger charge is 2.15. The van der Waals surface area contributed by atoms with Crippen molar-refractivity contribution in [1.29, 1.82) is 0 Å². The number of anilines is 1. The molecule has 1 saturated heterocycles. The third-order valence-corrected chi connectivity index (χ3v) is 5.62. The Hall–Kier alpha value is -3.39. The Bertz CT molecular complexity index is 1140. The molecule has 1 aliphatic heterocycles. The first kappa shape index (κ1) is 21.8. The Morgan fingerprint density at radius 2 is 1.75 bits per heavy atom. The molecule has 8 heteroatoms. The fraction of sp³-hybridized carbons (Fsp3) is 0.375. The number of amides is 2. The number of ether oxygens (including phenoxy) is 1. The molecule has 2 amide bonds. The third-order valence-electron chi connectivity index (χ3n) is 5.62. The average molecular weight is 436 g/mol. The zero-order valence-corrected chi connectivity index (χ0v) is 18.3. The lowest BCUT2D eigenvalue weighted by molar-refractivity contribution is 0.251. The zero-order valence-electron chi connectivity index (χ0n) is 18.3. The fourth-order valence-electron chi connectivity index (χ4n) is 4.01. The molecule has 168 valence electrons. The molecule has 0 atom stereocenters. The monoisotopic (exact) mass is 435 g/mol. The van der Waals surface area contributed by atoms with Gasteiger partial charge in [0.05, 0.1) is 36.5 Å². The first-order chi connectivity index (χ1) is 15.7. The summed E-state index contributed by atoms with van der Waals surface area (Å²) in [4.78, 5) is 27.8. The first-order valence-corrected chi connectivity index (χ1v) is 11.1. The lowest BCUT2D eigenvalue weighted by Gasteiger charge is -2.16. The summed E-state index contributed by atoms with van der Waals surface area (Å²) in [7, 11) is 0. The number of likely N-dealkylation sites (tertiary alicyclic amines) is 1. The molecule has 1 fully saturated rings. The lowest BCUT2D eigenvalue weighted by Crippen LogP contribution is -2.33. The Morgan fingerprint density at radius 3 is 2.53 bits per heavy atom.